The Labute approximate surface area is 245 Å². The zero-order valence-corrected chi connectivity index (χ0v) is 23.2. The van der Waals surface area contributed by atoms with Crippen molar-refractivity contribution in [2.75, 3.05) is 13.2 Å². The van der Waals surface area contributed by atoms with E-state index in [0.717, 1.165) is 12.1 Å². The number of rotatable bonds is 8. The van der Waals surface area contributed by atoms with Crippen LogP contribution in [-0.4, -0.2) is 115 Å². The molecule has 2 aromatic rings. The molecule has 2 aliphatic heterocycles. The first-order valence-corrected chi connectivity index (χ1v) is 13.3. The highest BCUT2D eigenvalue weighted by Gasteiger charge is 2.43. The molecule has 43 heavy (non-hydrogen) atoms. The summed E-state index contributed by atoms with van der Waals surface area (Å²) >= 11 is 0. The number of hydrogen-bond acceptors (Lipinski definition) is 15. The van der Waals surface area contributed by atoms with Gasteiger partial charge in [-0.2, -0.15) is 0 Å². The molecule has 2 aromatic carbocycles. The van der Waals surface area contributed by atoms with E-state index in [1.165, 1.54) is 26.0 Å². The minimum Gasteiger partial charge on any atom is -0.508 e. The maximum absolute atomic E-state index is 12.6. The summed E-state index contributed by atoms with van der Waals surface area (Å²) in [5, 5.41) is 80.7. The van der Waals surface area contributed by atoms with Crippen LogP contribution >= 0.6 is 0 Å². The highest BCUT2D eigenvalue weighted by molar-refractivity contribution is 5.95. The third kappa shape index (κ3) is 7.45. The molecule has 236 valence electrons. The smallest absolute Gasteiger partial charge is 0.342 e. The van der Waals surface area contributed by atoms with Crippen LogP contribution in [0.4, 0.5) is 0 Å². The number of carbonyl (C=O) groups excluding carboxylic acids is 2. The van der Waals surface area contributed by atoms with Gasteiger partial charge in [0, 0.05) is 25.0 Å². The number of aliphatic hydroxyl groups excluding tert-OH is 4. The van der Waals surface area contributed by atoms with Gasteiger partial charge in [0.2, 0.25) is 0 Å². The van der Waals surface area contributed by atoms with E-state index in [1.54, 1.807) is 0 Å². The van der Waals surface area contributed by atoms with Gasteiger partial charge in [0.25, 0.3) is 0 Å². The van der Waals surface area contributed by atoms with E-state index in [9.17, 15) is 50.4 Å². The Morgan fingerprint density at radius 2 is 1.07 bits per heavy atom. The molecule has 0 saturated carbocycles. The van der Waals surface area contributed by atoms with Gasteiger partial charge in [-0.15, -0.1) is 0 Å². The maximum atomic E-state index is 12.6. The summed E-state index contributed by atoms with van der Waals surface area (Å²) in [7, 11) is 0. The minimum absolute atomic E-state index is 0.206. The average Bonchev–Trinajstić information content (AvgIpc) is 2.89. The Morgan fingerprint density at radius 3 is 1.42 bits per heavy atom. The molecule has 0 spiro atoms. The lowest BCUT2D eigenvalue weighted by atomic mass is 10.0. The van der Waals surface area contributed by atoms with E-state index >= 15 is 0 Å². The van der Waals surface area contributed by atoms with Crippen molar-refractivity contribution in [3.8, 4) is 23.0 Å². The van der Waals surface area contributed by atoms with Crippen LogP contribution in [-0.2, 0) is 23.7 Å². The van der Waals surface area contributed by atoms with Crippen molar-refractivity contribution >= 4 is 11.9 Å². The summed E-state index contributed by atoms with van der Waals surface area (Å²) in [6.07, 6.45) is -11.2. The van der Waals surface area contributed by atoms with Crippen LogP contribution in [0.15, 0.2) is 24.3 Å². The predicted molar refractivity (Wildman–Crippen MR) is 141 cm³/mol. The highest BCUT2D eigenvalue weighted by Crippen LogP contribution is 2.31. The van der Waals surface area contributed by atoms with Crippen LogP contribution in [0.25, 0.3) is 0 Å². The SMILES string of the molecule is Cc1cc(O)cc(O)c1C(=O)OCC1O[C@H](O[C@@H]2CC(O)[C@H](O)C(COC(=O)c3c(C)cc(O)cc3O)O2)CC(O)[C@@H]1O. The van der Waals surface area contributed by atoms with E-state index in [-0.39, 0.29) is 46.6 Å². The summed E-state index contributed by atoms with van der Waals surface area (Å²) in [4.78, 5) is 25.1. The molecule has 2 saturated heterocycles. The third-order valence-electron chi connectivity index (χ3n) is 7.14. The summed E-state index contributed by atoms with van der Waals surface area (Å²) in [6, 6.07) is 4.42. The van der Waals surface area contributed by atoms with Crippen LogP contribution in [0.1, 0.15) is 44.7 Å². The Kier molecular flexibility index (Phi) is 9.96. The molecule has 15 heteroatoms. The number of carbonyl (C=O) groups is 2. The first-order valence-electron chi connectivity index (χ1n) is 13.3. The summed E-state index contributed by atoms with van der Waals surface area (Å²) < 4.78 is 27.4. The number of ether oxygens (including phenoxy) is 5. The molecular formula is C28H34O15. The van der Waals surface area contributed by atoms with Crippen molar-refractivity contribution in [3.05, 3.63) is 46.5 Å². The number of aryl methyl sites for hydroxylation is 2. The summed E-state index contributed by atoms with van der Waals surface area (Å²) in [5.41, 5.74) is 0.0582. The molecule has 2 heterocycles. The Balaban J connectivity index is 1.35. The molecule has 0 aliphatic carbocycles. The molecule has 15 nitrogen and oxygen atoms in total. The Morgan fingerprint density at radius 1 is 0.698 bits per heavy atom. The Hall–Kier alpha value is -3.70. The molecule has 0 aromatic heterocycles. The predicted octanol–water partition coefficient (Wildman–Crippen LogP) is -0.170. The number of phenols is 4. The number of aliphatic hydroxyl groups is 4. The number of aromatic hydroxyl groups is 4. The first-order chi connectivity index (χ1) is 20.2. The van der Waals surface area contributed by atoms with Gasteiger partial charge in [0.15, 0.2) is 12.6 Å². The molecule has 2 aliphatic rings. The second-order valence-electron chi connectivity index (χ2n) is 10.4. The van der Waals surface area contributed by atoms with Crippen LogP contribution < -0.4 is 0 Å². The highest BCUT2D eigenvalue weighted by atomic mass is 16.8. The van der Waals surface area contributed by atoms with Crippen molar-refractivity contribution in [2.45, 2.75) is 75.9 Å². The quantitative estimate of drug-likeness (QED) is 0.181. The van der Waals surface area contributed by atoms with Gasteiger partial charge in [0.05, 0.1) is 12.2 Å². The Bertz CT molecular complexity index is 1180. The van der Waals surface area contributed by atoms with Gasteiger partial charge in [0.1, 0.15) is 71.8 Å². The molecular weight excluding hydrogens is 576 g/mol. The lowest BCUT2D eigenvalue weighted by Gasteiger charge is -2.41. The number of hydrogen-bond donors (Lipinski definition) is 8. The molecule has 4 unspecified atom stereocenters. The molecule has 2 fully saturated rings. The normalized spacial score (nSPS) is 29.2. The van der Waals surface area contributed by atoms with Crippen molar-refractivity contribution < 1.29 is 74.1 Å². The summed E-state index contributed by atoms with van der Waals surface area (Å²) in [5.74, 6) is -3.47. The monoisotopic (exact) mass is 610 g/mol. The van der Waals surface area contributed by atoms with Crippen LogP contribution in [0, 0.1) is 13.8 Å². The molecule has 8 N–H and O–H groups in total. The van der Waals surface area contributed by atoms with E-state index in [2.05, 4.69) is 0 Å². The van der Waals surface area contributed by atoms with Crippen molar-refractivity contribution in [1.29, 1.82) is 0 Å². The van der Waals surface area contributed by atoms with Gasteiger partial charge in [-0.05, 0) is 37.1 Å². The van der Waals surface area contributed by atoms with E-state index in [0.29, 0.717) is 0 Å². The van der Waals surface area contributed by atoms with E-state index in [4.69, 9.17) is 23.7 Å². The minimum atomic E-state index is -1.48. The lowest BCUT2D eigenvalue weighted by molar-refractivity contribution is -0.333. The average molecular weight is 611 g/mol. The number of phenolic OH excluding ortho intramolecular Hbond substituents is 4. The standard InChI is InChI=1S/C28H34O15/c1-11-3-13(29)5-15(31)23(11)27(37)39-9-19-25(35)17(33)7-21(41-19)43-22-8-18(34)26(36)20(42-22)10-40-28(38)24-12(2)4-14(30)6-16(24)32/h3-6,17-22,25-26,29-36H,7-10H2,1-2H3/t17?,18?,19?,20?,21-,22-,25+,26+/m1/s1. The second kappa shape index (κ2) is 13.3. The molecule has 0 bridgehead atoms. The molecule has 0 radical (unpaired) electrons. The van der Waals surface area contributed by atoms with Gasteiger partial charge < -0.3 is 64.5 Å². The second-order valence-corrected chi connectivity index (χ2v) is 10.4. The maximum Gasteiger partial charge on any atom is 0.342 e. The van der Waals surface area contributed by atoms with Crippen LogP contribution in [0.5, 0.6) is 23.0 Å². The number of benzene rings is 2. The zero-order valence-electron chi connectivity index (χ0n) is 23.2. The van der Waals surface area contributed by atoms with Gasteiger partial charge >= 0.3 is 11.9 Å². The topological polar surface area (TPSA) is 242 Å². The molecule has 8 atom stereocenters. The fraction of sp³-hybridized carbons (Fsp3) is 0.500. The zero-order chi connectivity index (χ0) is 31.6. The van der Waals surface area contributed by atoms with Crippen molar-refractivity contribution in [3.63, 3.8) is 0 Å². The van der Waals surface area contributed by atoms with Crippen LogP contribution in [0.3, 0.4) is 0 Å². The van der Waals surface area contributed by atoms with Crippen LogP contribution in [0.2, 0.25) is 0 Å². The van der Waals surface area contributed by atoms with Crippen molar-refractivity contribution in [2.24, 2.45) is 0 Å². The van der Waals surface area contributed by atoms with Crippen molar-refractivity contribution in [1.82, 2.24) is 0 Å². The molecule has 0 amide bonds. The fourth-order valence-electron chi connectivity index (χ4n) is 4.94. The number of esters is 2. The fourth-order valence-corrected chi connectivity index (χ4v) is 4.94. The van der Waals surface area contributed by atoms with Gasteiger partial charge in [-0.1, -0.05) is 0 Å². The molecule has 4 rings (SSSR count). The summed E-state index contributed by atoms with van der Waals surface area (Å²) in [6.45, 7) is 1.84. The van der Waals surface area contributed by atoms with E-state index < -0.39 is 85.9 Å². The largest absolute Gasteiger partial charge is 0.508 e. The van der Waals surface area contributed by atoms with Gasteiger partial charge in [-0.3, -0.25) is 0 Å². The van der Waals surface area contributed by atoms with Gasteiger partial charge in [-0.25, -0.2) is 9.59 Å². The third-order valence-corrected chi connectivity index (χ3v) is 7.14. The van der Waals surface area contributed by atoms with E-state index in [1.807, 2.05) is 0 Å². The first kappa shape index (κ1) is 32.2. The lowest BCUT2D eigenvalue weighted by Crippen LogP contribution is -2.54.